The molecule has 0 aliphatic rings. The molecule has 6 rings (SSSR count). The van der Waals surface area contributed by atoms with E-state index in [9.17, 15) is 10.2 Å². The van der Waals surface area contributed by atoms with Gasteiger partial charge in [0.15, 0.2) is 34.6 Å². The van der Waals surface area contributed by atoms with Crippen LogP contribution in [0.4, 0.5) is 0 Å². The van der Waals surface area contributed by atoms with E-state index in [2.05, 4.69) is 121 Å². The van der Waals surface area contributed by atoms with Crippen LogP contribution in [-0.4, -0.2) is 66.6 Å². The molecule has 2 atom stereocenters. The normalized spacial score (nSPS) is 12.6. The molecule has 58 heavy (non-hydrogen) atoms. The fraction of sp³-hybridized carbons (Fsp3) is 0.318. The van der Waals surface area contributed by atoms with Gasteiger partial charge in [0.25, 0.3) is 0 Å². The molecule has 0 aliphatic heterocycles. The van der Waals surface area contributed by atoms with E-state index < -0.39 is 0 Å². The lowest BCUT2D eigenvalue weighted by Crippen LogP contribution is -2.06. The molecule has 0 spiro atoms. The lowest BCUT2D eigenvalue weighted by molar-refractivity contribution is 0.373. The second kappa shape index (κ2) is 20.0. The number of aromatic amines is 2. The number of hydrogen-bond acceptors (Lipinski definition) is 10. The number of phenolic OH excluding ortho intramolecular Hbond substituents is 2. The van der Waals surface area contributed by atoms with Gasteiger partial charge in [-0.1, -0.05) is 90.1 Å². The first-order valence-corrected chi connectivity index (χ1v) is 19.9. The Morgan fingerprint density at radius 1 is 0.603 bits per heavy atom. The van der Waals surface area contributed by atoms with Crippen LogP contribution in [0.25, 0.3) is 0 Å². The molecule has 0 bridgehead atoms. The van der Waals surface area contributed by atoms with E-state index in [0.29, 0.717) is 32.9 Å². The van der Waals surface area contributed by atoms with Crippen LogP contribution in [0.1, 0.15) is 98.4 Å². The maximum absolute atomic E-state index is 9.74. The highest BCUT2D eigenvalue weighted by molar-refractivity contribution is 7.71. The largest absolute Gasteiger partial charge is 0.504 e. The fourth-order valence-electron chi connectivity index (χ4n) is 6.31. The Labute approximate surface area is 349 Å². The van der Waals surface area contributed by atoms with E-state index in [1.54, 1.807) is 58.2 Å². The summed E-state index contributed by atoms with van der Waals surface area (Å²) < 4.78 is 14.4. The van der Waals surface area contributed by atoms with Crippen molar-refractivity contribution < 1.29 is 19.7 Å². The smallest absolute Gasteiger partial charge is 0.216 e. The number of methoxy groups -OCH3 is 2. The van der Waals surface area contributed by atoms with Crippen molar-refractivity contribution in [3.63, 3.8) is 0 Å². The zero-order chi connectivity index (χ0) is 41.9. The van der Waals surface area contributed by atoms with Crippen LogP contribution in [0.5, 0.6) is 23.0 Å². The Kier molecular flexibility index (Phi) is 14.9. The number of hydrogen-bond donors (Lipinski definition) is 4. The third-order valence-corrected chi connectivity index (χ3v) is 9.95. The second-order valence-corrected chi connectivity index (χ2v) is 15.6. The number of H-pyrrole nitrogens is 2. The third-order valence-electron chi connectivity index (χ3n) is 9.42. The number of benzene rings is 4. The molecule has 0 fully saturated rings. The molecule has 2 heterocycles. The van der Waals surface area contributed by atoms with Crippen LogP contribution in [0, 0.1) is 21.4 Å². The SMILES string of the molecule is COc1cc(/C=N/n2c([C@@H](C)c3ccc(CC(C)C)cc3)n[nH]c2=S)ccc1O.COc1cc(/C=N/n2c([C@H](C)c3ccc(CC(C)C)cc3)n[nH]c2=S)ccc1O. The summed E-state index contributed by atoms with van der Waals surface area (Å²) in [4.78, 5) is 0. The molecule has 0 saturated carbocycles. The molecule has 0 unspecified atom stereocenters. The van der Waals surface area contributed by atoms with Crippen LogP contribution < -0.4 is 9.47 Å². The number of aromatic nitrogens is 6. The van der Waals surface area contributed by atoms with Crippen molar-refractivity contribution in [3.8, 4) is 23.0 Å². The van der Waals surface area contributed by atoms with E-state index in [-0.39, 0.29) is 23.3 Å². The van der Waals surface area contributed by atoms with Crippen molar-refractivity contribution in [3.05, 3.63) is 140 Å². The molecule has 0 radical (unpaired) electrons. The lowest BCUT2D eigenvalue weighted by atomic mass is 9.96. The second-order valence-electron chi connectivity index (χ2n) is 14.9. The fourth-order valence-corrected chi connectivity index (χ4v) is 6.69. The maximum Gasteiger partial charge on any atom is 0.216 e. The van der Waals surface area contributed by atoms with Gasteiger partial charge in [-0.3, -0.25) is 10.2 Å². The number of nitrogens with one attached hydrogen (secondary N) is 2. The van der Waals surface area contributed by atoms with Gasteiger partial charge in [-0.2, -0.15) is 29.8 Å². The van der Waals surface area contributed by atoms with Crippen LogP contribution in [0.3, 0.4) is 0 Å². The van der Waals surface area contributed by atoms with E-state index in [4.69, 9.17) is 33.9 Å². The molecular weight excluding hydrogens is 769 g/mol. The Hall–Kier alpha value is -5.86. The van der Waals surface area contributed by atoms with Crippen molar-refractivity contribution in [1.82, 2.24) is 29.7 Å². The molecule has 12 nitrogen and oxygen atoms in total. The summed E-state index contributed by atoms with van der Waals surface area (Å²) in [7, 11) is 3.02. The number of rotatable bonds is 14. The van der Waals surface area contributed by atoms with Crippen LogP contribution >= 0.6 is 24.4 Å². The number of aromatic hydroxyl groups is 2. The molecule has 304 valence electrons. The van der Waals surface area contributed by atoms with Gasteiger partial charge in [0.2, 0.25) is 9.54 Å². The highest BCUT2D eigenvalue weighted by Crippen LogP contribution is 2.28. The summed E-state index contributed by atoms with van der Waals surface area (Å²) in [5.41, 5.74) is 6.51. The van der Waals surface area contributed by atoms with Crippen LogP contribution in [0.2, 0.25) is 0 Å². The summed E-state index contributed by atoms with van der Waals surface area (Å²) in [5, 5.41) is 42.9. The van der Waals surface area contributed by atoms with Gasteiger partial charge in [0, 0.05) is 11.8 Å². The zero-order valence-corrected chi connectivity index (χ0v) is 35.8. The van der Waals surface area contributed by atoms with E-state index in [1.165, 1.54) is 25.3 Å². The molecule has 4 aromatic carbocycles. The first kappa shape index (κ1) is 43.3. The van der Waals surface area contributed by atoms with Gasteiger partial charge in [0.1, 0.15) is 0 Å². The maximum atomic E-state index is 9.74. The van der Waals surface area contributed by atoms with Crippen molar-refractivity contribution in [2.75, 3.05) is 14.2 Å². The predicted octanol–water partition coefficient (Wildman–Crippen LogP) is 9.77. The van der Waals surface area contributed by atoms with Gasteiger partial charge in [-0.25, -0.2) is 0 Å². The van der Waals surface area contributed by atoms with E-state index in [1.807, 2.05) is 0 Å². The van der Waals surface area contributed by atoms with Gasteiger partial charge in [0.05, 0.1) is 26.6 Å². The molecule has 0 saturated heterocycles. The Morgan fingerprint density at radius 3 is 1.29 bits per heavy atom. The zero-order valence-electron chi connectivity index (χ0n) is 34.2. The van der Waals surface area contributed by atoms with Crippen LogP contribution in [0.15, 0.2) is 95.1 Å². The third kappa shape index (κ3) is 11.2. The highest BCUT2D eigenvalue weighted by Gasteiger charge is 2.18. The van der Waals surface area contributed by atoms with Gasteiger partial charge in [-0.05, 0) is 119 Å². The minimum absolute atomic E-state index is 0.0163. The number of ether oxygens (including phenoxy) is 2. The molecule has 4 N–H and O–H groups in total. The highest BCUT2D eigenvalue weighted by atomic mass is 32.1. The van der Waals surface area contributed by atoms with Crippen molar-refractivity contribution in [2.24, 2.45) is 22.0 Å². The minimum atomic E-state index is 0.0163. The van der Waals surface area contributed by atoms with Crippen molar-refractivity contribution in [2.45, 2.75) is 66.2 Å². The standard InChI is InChI=1S/2C22H26N4O2S/c2*1-14(2)11-16-5-8-18(9-6-16)15(3)21-24-25-22(29)26(21)23-13-17-7-10-19(27)20(12-17)28-4/h2*5-10,12-15,27H,11H2,1-4H3,(H,25,29)/b2*23-13+/t2*15-/m10/s1. The topological polar surface area (TPSA) is 151 Å². The summed E-state index contributed by atoms with van der Waals surface area (Å²) in [6, 6.07) is 27.3. The molecule has 2 aromatic heterocycles. The number of nitrogens with zero attached hydrogens (tertiary/aromatic N) is 6. The first-order chi connectivity index (χ1) is 27.8. The average molecular weight is 821 g/mol. The van der Waals surface area contributed by atoms with Gasteiger partial charge < -0.3 is 19.7 Å². The van der Waals surface area contributed by atoms with E-state index >= 15 is 0 Å². The van der Waals surface area contributed by atoms with Crippen molar-refractivity contribution in [1.29, 1.82) is 0 Å². The van der Waals surface area contributed by atoms with Crippen molar-refractivity contribution >= 4 is 36.9 Å². The Balaban J connectivity index is 0.000000221. The first-order valence-electron chi connectivity index (χ1n) is 19.1. The Morgan fingerprint density at radius 2 is 0.966 bits per heavy atom. The van der Waals surface area contributed by atoms with Gasteiger partial charge >= 0.3 is 0 Å². The molecule has 14 heteroatoms. The molecule has 0 aliphatic carbocycles. The summed E-state index contributed by atoms with van der Waals surface area (Å²) in [5.74, 6) is 3.69. The molecule has 0 amide bonds. The quantitative estimate of drug-likeness (QED) is 0.0627. The summed E-state index contributed by atoms with van der Waals surface area (Å²) >= 11 is 10.7. The predicted molar refractivity (Wildman–Crippen MR) is 235 cm³/mol. The molecular formula is C44H52N8O4S2. The van der Waals surface area contributed by atoms with Gasteiger partial charge in [-0.15, -0.1) is 0 Å². The lowest BCUT2D eigenvalue weighted by Gasteiger charge is -2.12. The summed E-state index contributed by atoms with van der Waals surface area (Å²) in [6.07, 6.45) is 5.45. The monoisotopic (exact) mass is 820 g/mol. The minimum Gasteiger partial charge on any atom is -0.504 e. The van der Waals surface area contributed by atoms with Crippen LogP contribution in [-0.2, 0) is 12.8 Å². The van der Waals surface area contributed by atoms with E-state index in [0.717, 1.165) is 46.7 Å². The molecule has 6 aromatic rings. The average Bonchev–Trinajstić information content (AvgIpc) is 3.77. The Bertz CT molecular complexity index is 2270. The number of phenols is 2. The summed E-state index contributed by atoms with van der Waals surface area (Å²) in [6.45, 7) is 13.0.